The number of nitrogens with one attached hydrogen (secondary N) is 1. The van der Waals surface area contributed by atoms with Crippen LogP contribution < -0.4 is 10.2 Å². The van der Waals surface area contributed by atoms with Crippen molar-refractivity contribution in [3.05, 3.63) is 29.8 Å². The SMILES string of the molecule is CCC1(C(=O)N2c3ccccc3CCC2C)CCCN1. The van der Waals surface area contributed by atoms with E-state index in [0.717, 1.165) is 44.3 Å². The van der Waals surface area contributed by atoms with Gasteiger partial charge in [0, 0.05) is 11.7 Å². The van der Waals surface area contributed by atoms with E-state index in [2.05, 4.69) is 42.3 Å². The van der Waals surface area contributed by atoms with E-state index in [-0.39, 0.29) is 11.4 Å². The quantitative estimate of drug-likeness (QED) is 0.898. The highest BCUT2D eigenvalue weighted by molar-refractivity contribution is 6.01. The Balaban J connectivity index is 1.98. The summed E-state index contributed by atoms with van der Waals surface area (Å²) >= 11 is 0. The number of hydrogen-bond acceptors (Lipinski definition) is 2. The summed E-state index contributed by atoms with van der Waals surface area (Å²) in [5.74, 6) is 0.275. The van der Waals surface area contributed by atoms with Crippen molar-refractivity contribution < 1.29 is 4.79 Å². The molecule has 0 aromatic heterocycles. The van der Waals surface area contributed by atoms with Crippen molar-refractivity contribution in [3.63, 3.8) is 0 Å². The van der Waals surface area contributed by atoms with E-state index in [4.69, 9.17) is 0 Å². The van der Waals surface area contributed by atoms with Crippen molar-refractivity contribution in [2.75, 3.05) is 11.4 Å². The minimum Gasteiger partial charge on any atom is -0.308 e. The molecule has 3 heteroatoms. The first-order chi connectivity index (χ1) is 9.68. The van der Waals surface area contributed by atoms with Crippen molar-refractivity contribution in [3.8, 4) is 0 Å². The summed E-state index contributed by atoms with van der Waals surface area (Å²) in [4.78, 5) is 15.2. The van der Waals surface area contributed by atoms with Gasteiger partial charge in [0.25, 0.3) is 0 Å². The first-order valence-electron chi connectivity index (χ1n) is 7.84. The summed E-state index contributed by atoms with van der Waals surface area (Å²) in [6.45, 7) is 5.26. The van der Waals surface area contributed by atoms with Crippen molar-refractivity contribution in [2.45, 2.75) is 57.5 Å². The number of carbonyl (C=O) groups is 1. The molecule has 2 unspecified atom stereocenters. The number of rotatable bonds is 2. The zero-order valence-electron chi connectivity index (χ0n) is 12.5. The Morgan fingerprint density at radius 2 is 2.25 bits per heavy atom. The lowest BCUT2D eigenvalue weighted by molar-refractivity contribution is -0.125. The van der Waals surface area contributed by atoms with E-state index in [1.807, 2.05) is 6.07 Å². The number of para-hydroxylation sites is 1. The molecule has 2 aliphatic rings. The van der Waals surface area contributed by atoms with Crippen LogP contribution in [0.1, 0.15) is 45.1 Å². The molecule has 3 nitrogen and oxygen atoms in total. The van der Waals surface area contributed by atoms with Crippen LogP contribution in [-0.2, 0) is 11.2 Å². The number of anilines is 1. The van der Waals surface area contributed by atoms with E-state index in [0.29, 0.717) is 6.04 Å². The van der Waals surface area contributed by atoms with E-state index in [9.17, 15) is 4.79 Å². The van der Waals surface area contributed by atoms with E-state index < -0.39 is 0 Å². The van der Waals surface area contributed by atoms with Gasteiger partial charge in [-0.15, -0.1) is 0 Å². The largest absolute Gasteiger partial charge is 0.308 e. The van der Waals surface area contributed by atoms with E-state index in [1.54, 1.807) is 0 Å². The van der Waals surface area contributed by atoms with Gasteiger partial charge in [-0.1, -0.05) is 25.1 Å². The Hall–Kier alpha value is -1.35. The lowest BCUT2D eigenvalue weighted by Crippen LogP contribution is -2.58. The second kappa shape index (κ2) is 5.21. The first-order valence-corrected chi connectivity index (χ1v) is 7.84. The smallest absolute Gasteiger partial charge is 0.247 e. The Morgan fingerprint density at radius 1 is 1.45 bits per heavy atom. The number of amides is 1. The highest BCUT2D eigenvalue weighted by Gasteiger charge is 2.44. The summed E-state index contributed by atoms with van der Waals surface area (Å²) in [6, 6.07) is 8.66. The average molecular weight is 272 g/mol. The van der Waals surface area contributed by atoms with Crippen LogP contribution in [0.4, 0.5) is 5.69 Å². The van der Waals surface area contributed by atoms with Gasteiger partial charge in [-0.2, -0.15) is 0 Å². The zero-order chi connectivity index (χ0) is 14.2. The molecule has 0 spiro atoms. The van der Waals surface area contributed by atoms with Crippen molar-refractivity contribution in [1.29, 1.82) is 0 Å². The molecular formula is C17H24N2O. The van der Waals surface area contributed by atoms with E-state index >= 15 is 0 Å². The van der Waals surface area contributed by atoms with Crippen LogP contribution in [-0.4, -0.2) is 24.0 Å². The van der Waals surface area contributed by atoms with Crippen LogP contribution in [0.15, 0.2) is 24.3 Å². The maximum Gasteiger partial charge on any atom is 0.247 e. The standard InChI is InChI=1S/C17H24N2O/c1-3-17(11-6-12-18-17)16(20)19-13(2)9-10-14-7-4-5-8-15(14)19/h4-5,7-8,13,18H,3,6,9-12H2,1-2H3. The normalized spacial score (nSPS) is 29.3. The average Bonchev–Trinajstić information content (AvgIpc) is 2.96. The molecule has 0 bridgehead atoms. The fraction of sp³-hybridized carbons (Fsp3) is 0.588. The summed E-state index contributed by atoms with van der Waals surface area (Å²) in [6.07, 6.45) is 5.07. The summed E-state index contributed by atoms with van der Waals surface area (Å²) in [7, 11) is 0. The number of carbonyl (C=O) groups excluding carboxylic acids is 1. The van der Waals surface area contributed by atoms with Crippen molar-refractivity contribution in [2.24, 2.45) is 0 Å². The van der Waals surface area contributed by atoms with Crippen LogP contribution in [0.25, 0.3) is 0 Å². The Morgan fingerprint density at radius 3 is 2.95 bits per heavy atom. The molecular weight excluding hydrogens is 248 g/mol. The molecule has 1 saturated heterocycles. The minimum absolute atomic E-state index is 0.275. The molecule has 0 radical (unpaired) electrons. The lowest BCUT2D eigenvalue weighted by Gasteiger charge is -2.41. The van der Waals surface area contributed by atoms with Gasteiger partial charge >= 0.3 is 0 Å². The molecule has 2 aliphatic heterocycles. The molecule has 3 rings (SSSR count). The first kappa shape index (κ1) is 13.6. The van der Waals surface area contributed by atoms with Gasteiger partial charge in [0.15, 0.2) is 0 Å². The molecule has 108 valence electrons. The molecule has 1 aromatic carbocycles. The van der Waals surface area contributed by atoms with Crippen LogP contribution in [0.2, 0.25) is 0 Å². The minimum atomic E-state index is -0.335. The van der Waals surface area contributed by atoms with Gasteiger partial charge in [0.05, 0.1) is 5.54 Å². The van der Waals surface area contributed by atoms with Gasteiger partial charge < -0.3 is 10.2 Å². The highest BCUT2D eigenvalue weighted by Crippen LogP contribution is 2.35. The molecule has 0 saturated carbocycles. The van der Waals surface area contributed by atoms with Gasteiger partial charge in [-0.25, -0.2) is 0 Å². The third kappa shape index (κ3) is 2.05. The molecule has 1 fully saturated rings. The molecule has 1 aromatic rings. The maximum absolute atomic E-state index is 13.2. The second-order valence-electron chi connectivity index (χ2n) is 6.16. The zero-order valence-corrected chi connectivity index (χ0v) is 12.5. The monoisotopic (exact) mass is 272 g/mol. The Labute approximate surface area is 121 Å². The highest BCUT2D eigenvalue weighted by atomic mass is 16.2. The molecule has 1 N–H and O–H groups in total. The van der Waals surface area contributed by atoms with Gasteiger partial charge in [-0.3, -0.25) is 4.79 Å². The lowest BCUT2D eigenvalue weighted by atomic mass is 9.88. The maximum atomic E-state index is 13.2. The van der Waals surface area contributed by atoms with Crippen LogP contribution in [0.3, 0.4) is 0 Å². The van der Waals surface area contributed by atoms with Crippen LogP contribution >= 0.6 is 0 Å². The summed E-state index contributed by atoms with van der Waals surface area (Å²) < 4.78 is 0. The number of benzene rings is 1. The fourth-order valence-electron chi connectivity index (χ4n) is 3.67. The van der Waals surface area contributed by atoms with Crippen molar-refractivity contribution >= 4 is 11.6 Å². The van der Waals surface area contributed by atoms with Crippen molar-refractivity contribution in [1.82, 2.24) is 5.32 Å². The predicted octanol–water partition coefficient (Wildman–Crippen LogP) is 2.89. The second-order valence-corrected chi connectivity index (χ2v) is 6.16. The summed E-state index contributed by atoms with van der Waals surface area (Å²) in [5, 5.41) is 3.48. The van der Waals surface area contributed by atoms with Gasteiger partial charge in [-0.05, 0) is 57.2 Å². The fourth-order valence-corrected chi connectivity index (χ4v) is 3.67. The number of aryl methyl sites for hydroxylation is 1. The van der Waals surface area contributed by atoms with Gasteiger partial charge in [0.1, 0.15) is 0 Å². The summed E-state index contributed by atoms with van der Waals surface area (Å²) in [5.41, 5.74) is 2.10. The van der Waals surface area contributed by atoms with Gasteiger partial charge in [0.2, 0.25) is 5.91 Å². The number of nitrogens with zero attached hydrogens (tertiary/aromatic N) is 1. The van der Waals surface area contributed by atoms with Crippen LogP contribution in [0, 0.1) is 0 Å². The number of hydrogen-bond donors (Lipinski definition) is 1. The molecule has 2 atom stereocenters. The Bertz CT molecular complexity index is 505. The topological polar surface area (TPSA) is 32.3 Å². The molecule has 1 amide bonds. The third-order valence-electron chi connectivity index (χ3n) is 5.00. The Kier molecular flexibility index (Phi) is 3.55. The van der Waals surface area contributed by atoms with E-state index in [1.165, 1.54) is 5.56 Å². The third-order valence-corrected chi connectivity index (χ3v) is 5.00. The molecule has 20 heavy (non-hydrogen) atoms. The molecule has 0 aliphatic carbocycles. The predicted molar refractivity (Wildman–Crippen MR) is 82.0 cm³/mol. The number of fused-ring (bicyclic) bond motifs is 1. The molecule has 2 heterocycles. The van der Waals surface area contributed by atoms with Crippen LogP contribution in [0.5, 0.6) is 0 Å².